The van der Waals surface area contributed by atoms with Crippen LogP contribution in [0.15, 0.2) is 6.20 Å². The molecule has 0 saturated heterocycles. The highest BCUT2D eigenvalue weighted by Crippen LogP contribution is 2.40. The second-order valence-corrected chi connectivity index (χ2v) is 3.69. The molecule has 0 saturated carbocycles. The molecule has 0 amide bonds. The van der Waals surface area contributed by atoms with Crippen LogP contribution in [-0.4, -0.2) is 29.3 Å². The Balaban J connectivity index is 3.54. The Morgan fingerprint density at radius 3 is 2.45 bits per heavy atom. The molecule has 0 spiro atoms. The molecule has 1 rings (SSSR count). The van der Waals surface area contributed by atoms with Crippen molar-refractivity contribution in [1.29, 1.82) is 0 Å². The number of hydrogen-bond donors (Lipinski definition) is 0. The van der Waals surface area contributed by atoms with Gasteiger partial charge in [0.2, 0.25) is 0 Å². The van der Waals surface area contributed by atoms with Crippen LogP contribution in [0.3, 0.4) is 0 Å². The second kappa shape index (κ2) is 6.49. The quantitative estimate of drug-likeness (QED) is 0.357. The normalized spacial score (nSPS) is 11.4. The number of carbonyl (C=O) groups is 1. The molecule has 1 aromatic heterocycles. The number of halogens is 5. The number of aromatic nitrogens is 1. The fourth-order valence-electron chi connectivity index (χ4n) is 1.46. The first kappa shape index (κ1) is 17.5. The third kappa shape index (κ3) is 4.23. The van der Waals surface area contributed by atoms with Crippen molar-refractivity contribution >= 4 is 11.7 Å². The van der Waals surface area contributed by atoms with E-state index >= 15 is 0 Å². The van der Waals surface area contributed by atoms with Crippen molar-refractivity contribution in [2.45, 2.75) is 19.2 Å². The van der Waals surface area contributed by atoms with Crippen LogP contribution in [0.5, 0.6) is 5.75 Å². The molecule has 0 aromatic carbocycles. The predicted molar refractivity (Wildman–Crippen MR) is 58.3 cm³/mol. The van der Waals surface area contributed by atoms with E-state index in [2.05, 4.69) is 14.5 Å². The smallest absolute Gasteiger partial charge is 0.469 e. The summed E-state index contributed by atoms with van der Waals surface area (Å²) >= 11 is 0. The van der Waals surface area contributed by atoms with Gasteiger partial charge in [0.15, 0.2) is 5.75 Å². The zero-order valence-corrected chi connectivity index (χ0v) is 10.7. The van der Waals surface area contributed by atoms with Gasteiger partial charge >= 0.3 is 12.3 Å². The fraction of sp³-hybridized carbons (Fsp3) is 0.400. The third-order valence-electron chi connectivity index (χ3n) is 2.30. The average Bonchev–Trinajstić information content (AvgIpc) is 2.37. The van der Waals surface area contributed by atoms with Crippen molar-refractivity contribution in [1.82, 2.24) is 4.98 Å². The number of methoxy groups -OCH3 is 1. The van der Waals surface area contributed by atoms with E-state index in [1.807, 2.05) is 0 Å². The summed E-state index contributed by atoms with van der Waals surface area (Å²) in [6.45, 7) is 0. The van der Waals surface area contributed by atoms with Crippen molar-refractivity contribution in [3.05, 3.63) is 27.6 Å². The molecule has 0 fully saturated rings. The summed E-state index contributed by atoms with van der Waals surface area (Å²) in [6.07, 6.45) is -9.68. The van der Waals surface area contributed by atoms with E-state index in [4.69, 9.17) is 0 Å². The van der Waals surface area contributed by atoms with E-state index in [9.17, 15) is 36.9 Å². The van der Waals surface area contributed by atoms with Crippen LogP contribution in [0.25, 0.3) is 0 Å². The van der Waals surface area contributed by atoms with Crippen LogP contribution >= 0.6 is 0 Å². The molecule has 1 heterocycles. The molecule has 122 valence electrons. The molecule has 0 radical (unpaired) electrons. The van der Waals surface area contributed by atoms with E-state index in [0.29, 0.717) is 6.20 Å². The number of hydrogen-bond acceptors (Lipinski definition) is 6. The monoisotopic (exact) mass is 330 g/mol. The standard InChI is InChI=1S/C10H7F5N2O5/c1-21-6(18)2-4-8(22-10(13,14)15)7(9(11)12)5(3-16-4)17(19)20/h3,9H,2H2,1H3. The van der Waals surface area contributed by atoms with Gasteiger partial charge in [0.1, 0.15) is 11.8 Å². The third-order valence-corrected chi connectivity index (χ3v) is 2.30. The molecule has 0 aliphatic carbocycles. The molecule has 7 nitrogen and oxygen atoms in total. The molecular weight excluding hydrogens is 323 g/mol. The first-order valence-corrected chi connectivity index (χ1v) is 5.33. The fourth-order valence-corrected chi connectivity index (χ4v) is 1.46. The van der Waals surface area contributed by atoms with Gasteiger partial charge in [0.05, 0.1) is 24.1 Å². The first-order valence-electron chi connectivity index (χ1n) is 5.33. The minimum Gasteiger partial charge on any atom is -0.469 e. The Kier molecular flexibility index (Phi) is 5.17. The van der Waals surface area contributed by atoms with Crippen LogP contribution in [0.4, 0.5) is 27.6 Å². The minimum absolute atomic E-state index is 0.322. The number of nitrogens with zero attached hydrogens (tertiary/aromatic N) is 2. The van der Waals surface area contributed by atoms with Crippen molar-refractivity contribution in [3.8, 4) is 5.75 Å². The van der Waals surface area contributed by atoms with Gasteiger partial charge in [-0.05, 0) is 0 Å². The van der Waals surface area contributed by atoms with E-state index in [1.165, 1.54) is 0 Å². The zero-order valence-electron chi connectivity index (χ0n) is 10.7. The summed E-state index contributed by atoms with van der Waals surface area (Å²) < 4.78 is 70.4. The molecule has 22 heavy (non-hydrogen) atoms. The molecule has 0 unspecified atom stereocenters. The van der Waals surface area contributed by atoms with E-state index in [0.717, 1.165) is 7.11 Å². The Bertz CT molecular complexity index is 590. The maximum Gasteiger partial charge on any atom is 0.573 e. The minimum atomic E-state index is -5.41. The van der Waals surface area contributed by atoms with Crippen molar-refractivity contribution < 1.29 is 41.1 Å². The van der Waals surface area contributed by atoms with Gasteiger partial charge in [-0.1, -0.05) is 0 Å². The van der Waals surface area contributed by atoms with Crippen LogP contribution in [0, 0.1) is 10.1 Å². The lowest BCUT2D eigenvalue weighted by Crippen LogP contribution is -2.21. The number of alkyl halides is 5. The summed E-state index contributed by atoms with van der Waals surface area (Å²) in [5, 5.41) is 10.6. The highest BCUT2D eigenvalue weighted by atomic mass is 19.4. The summed E-state index contributed by atoms with van der Waals surface area (Å²) in [4.78, 5) is 23.6. The molecular formula is C10H7F5N2O5. The van der Waals surface area contributed by atoms with Gasteiger partial charge in [0.25, 0.3) is 12.1 Å². The van der Waals surface area contributed by atoms with Crippen molar-refractivity contribution in [2.24, 2.45) is 0 Å². The number of pyridine rings is 1. The maximum atomic E-state index is 12.9. The van der Waals surface area contributed by atoms with Crippen molar-refractivity contribution in [2.75, 3.05) is 7.11 Å². The van der Waals surface area contributed by atoms with Gasteiger partial charge in [0, 0.05) is 0 Å². The summed E-state index contributed by atoms with van der Waals surface area (Å²) in [7, 11) is 0.909. The molecule has 0 aliphatic rings. The second-order valence-electron chi connectivity index (χ2n) is 3.69. The Morgan fingerprint density at radius 2 is 2.05 bits per heavy atom. The predicted octanol–water partition coefficient (Wildman–Crippen LogP) is 2.54. The number of rotatable bonds is 5. The summed E-state index contributed by atoms with van der Waals surface area (Å²) in [6, 6.07) is 0. The van der Waals surface area contributed by atoms with Gasteiger partial charge in [-0.15, -0.1) is 13.2 Å². The Hall–Kier alpha value is -2.53. The summed E-state index contributed by atoms with van der Waals surface area (Å²) in [5.41, 5.74) is -3.83. The number of esters is 1. The lowest BCUT2D eigenvalue weighted by atomic mass is 10.1. The van der Waals surface area contributed by atoms with Crippen LogP contribution < -0.4 is 4.74 Å². The Morgan fingerprint density at radius 1 is 1.45 bits per heavy atom. The highest BCUT2D eigenvalue weighted by molar-refractivity contribution is 5.73. The van der Waals surface area contributed by atoms with Crippen LogP contribution in [0.1, 0.15) is 17.7 Å². The highest BCUT2D eigenvalue weighted by Gasteiger charge is 2.38. The molecule has 0 N–H and O–H groups in total. The largest absolute Gasteiger partial charge is 0.573 e. The summed E-state index contributed by atoms with van der Waals surface area (Å²) in [5.74, 6) is -2.67. The van der Waals surface area contributed by atoms with E-state index < -0.39 is 52.8 Å². The zero-order chi connectivity index (χ0) is 17.1. The molecule has 0 aliphatic heterocycles. The van der Waals surface area contributed by atoms with Gasteiger partial charge < -0.3 is 9.47 Å². The average molecular weight is 330 g/mol. The van der Waals surface area contributed by atoms with E-state index in [1.54, 1.807) is 0 Å². The van der Waals surface area contributed by atoms with Gasteiger partial charge in [-0.25, -0.2) is 13.8 Å². The number of carbonyl (C=O) groups excluding carboxylic acids is 1. The molecule has 12 heteroatoms. The van der Waals surface area contributed by atoms with Crippen molar-refractivity contribution in [3.63, 3.8) is 0 Å². The molecule has 0 bridgehead atoms. The first-order chi connectivity index (χ1) is 10.1. The van der Waals surface area contributed by atoms with Crippen LogP contribution in [-0.2, 0) is 16.0 Å². The van der Waals surface area contributed by atoms with Gasteiger partial charge in [-0.3, -0.25) is 14.9 Å². The lowest BCUT2D eigenvalue weighted by molar-refractivity contribution is -0.386. The van der Waals surface area contributed by atoms with Crippen LogP contribution in [0.2, 0.25) is 0 Å². The topological polar surface area (TPSA) is 91.6 Å². The molecule has 0 atom stereocenters. The maximum absolute atomic E-state index is 12.9. The van der Waals surface area contributed by atoms with E-state index in [-0.39, 0.29) is 0 Å². The SMILES string of the molecule is COC(=O)Cc1ncc([N+](=O)[O-])c(C(F)F)c1OC(F)(F)F. The number of ether oxygens (including phenoxy) is 2. The molecule has 1 aromatic rings. The number of nitro groups is 1. The lowest BCUT2D eigenvalue weighted by Gasteiger charge is -2.15. The Labute approximate surface area is 118 Å². The van der Waals surface area contributed by atoms with Gasteiger partial charge in [-0.2, -0.15) is 0 Å².